The molecular formula is C17H9BrClF5O2. The second-order valence-corrected chi connectivity index (χ2v) is 6.48. The van der Waals surface area contributed by atoms with Crippen LogP contribution >= 0.6 is 27.5 Å². The lowest BCUT2D eigenvalue weighted by atomic mass is 9.96. The van der Waals surface area contributed by atoms with Gasteiger partial charge in [0.25, 0.3) is 0 Å². The zero-order valence-corrected chi connectivity index (χ0v) is 15.0. The van der Waals surface area contributed by atoms with Gasteiger partial charge in [-0.1, -0.05) is 29.8 Å². The summed E-state index contributed by atoms with van der Waals surface area (Å²) in [6.45, 7) is 0. The van der Waals surface area contributed by atoms with Gasteiger partial charge in [-0.05, 0) is 51.3 Å². The molecule has 2 nitrogen and oxygen atoms in total. The van der Waals surface area contributed by atoms with E-state index in [1.807, 2.05) is 0 Å². The molecule has 9 heteroatoms. The molecule has 0 amide bonds. The van der Waals surface area contributed by atoms with Crippen LogP contribution in [-0.2, 0) is 0 Å². The van der Waals surface area contributed by atoms with Gasteiger partial charge < -0.3 is 5.11 Å². The van der Waals surface area contributed by atoms with Crippen molar-refractivity contribution in [1.82, 2.24) is 0 Å². The van der Waals surface area contributed by atoms with Gasteiger partial charge in [-0.2, -0.15) is 13.2 Å². The summed E-state index contributed by atoms with van der Waals surface area (Å²) in [4.78, 5) is 10.9. The minimum Gasteiger partial charge on any atom is -0.478 e. The van der Waals surface area contributed by atoms with Crippen LogP contribution in [-0.4, -0.2) is 17.3 Å². The van der Waals surface area contributed by atoms with Crippen molar-refractivity contribution in [1.29, 1.82) is 0 Å². The lowest BCUT2D eigenvalue weighted by Gasteiger charge is -2.18. The summed E-state index contributed by atoms with van der Waals surface area (Å²) in [5.41, 5.74) is -0.328. The maximum Gasteiger partial charge on any atom is 0.399 e. The average Bonchev–Trinajstić information content (AvgIpc) is 2.51. The Hall–Kier alpha value is -1.93. The van der Waals surface area contributed by atoms with Crippen molar-refractivity contribution in [3.8, 4) is 0 Å². The van der Waals surface area contributed by atoms with E-state index < -0.39 is 40.3 Å². The zero-order chi connectivity index (χ0) is 19.6. The van der Waals surface area contributed by atoms with E-state index in [1.54, 1.807) is 0 Å². The summed E-state index contributed by atoms with van der Waals surface area (Å²) in [5, 5.41) is 8.18. The molecule has 0 aromatic heterocycles. The highest BCUT2D eigenvalue weighted by atomic mass is 79.9. The van der Waals surface area contributed by atoms with Gasteiger partial charge in [0.2, 0.25) is 0 Å². The van der Waals surface area contributed by atoms with Crippen molar-refractivity contribution in [2.75, 3.05) is 0 Å². The molecule has 1 N–H and O–H groups in total. The normalized spacial score (nSPS) is 13.2. The highest BCUT2D eigenvalue weighted by molar-refractivity contribution is 9.10. The fourth-order valence-corrected chi connectivity index (χ4v) is 2.96. The summed E-state index contributed by atoms with van der Waals surface area (Å²) < 4.78 is 66.8. The van der Waals surface area contributed by atoms with E-state index in [1.165, 1.54) is 18.2 Å². The molecule has 0 radical (unpaired) electrons. The Kier molecular flexibility index (Phi) is 6.08. The summed E-state index contributed by atoms with van der Waals surface area (Å²) in [7, 11) is 0. The maximum absolute atomic E-state index is 13.4. The van der Waals surface area contributed by atoms with Gasteiger partial charge in [-0.15, -0.1) is 0 Å². The van der Waals surface area contributed by atoms with Crippen LogP contribution in [0.2, 0.25) is 5.02 Å². The molecule has 0 spiro atoms. The van der Waals surface area contributed by atoms with Gasteiger partial charge in [0.1, 0.15) is 0 Å². The fourth-order valence-electron chi connectivity index (χ4n) is 2.18. The van der Waals surface area contributed by atoms with Crippen molar-refractivity contribution in [3.63, 3.8) is 0 Å². The number of hydrogen-bond donors (Lipinski definition) is 1. The third kappa shape index (κ3) is 4.62. The first-order valence-electron chi connectivity index (χ1n) is 6.93. The number of alkyl halides is 3. The minimum atomic E-state index is -4.78. The first-order valence-corrected chi connectivity index (χ1v) is 8.10. The summed E-state index contributed by atoms with van der Waals surface area (Å²) in [5.74, 6) is -6.33. The number of carbonyl (C=O) groups is 1. The van der Waals surface area contributed by atoms with Crippen LogP contribution in [0.3, 0.4) is 0 Å². The number of aromatic carboxylic acids is 1. The topological polar surface area (TPSA) is 37.3 Å². The Labute approximate surface area is 158 Å². The molecule has 1 atom stereocenters. The quantitative estimate of drug-likeness (QED) is 0.426. The first-order chi connectivity index (χ1) is 12.0. The number of halogens is 7. The number of hydrogen-bond acceptors (Lipinski definition) is 1. The zero-order valence-electron chi connectivity index (χ0n) is 12.6. The Bertz CT molecular complexity index is 857. The van der Waals surface area contributed by atoms with Crippen LogP contribution in [0.5, 0.6) is 0 Å². The first kappa shape index (κ1) is 20.4. The minimum absolute atomic E-state index is 0.0538. The smallest absolute Gasteiger partial charge is 0.399 e. The molecule has 1 unspecified atom stereocenters. The molecule has 0 bridgehead atoms. The standard InChI is InChI=1S/C17H9BrClF5O2/c18-12-5-8(1-3-10(12)16(25)26)2-4-11(17(22,23)24)9-6-13(19)15(21)14(20)7-9/h1-7,11H,(H,25,26)/b4-2+. The molecule has 2 aromatic rings. The van der Waals surface area contributed by atoms with Gasteiger partial charge in [-0.3, -0.25) is 0 Å². The lowest BCUT2D eigenvalue weighted by molar-refractivity contribution is -0.139. The fraction of sp³-hybridized carbons (Fsp3) is 0.118. The molecule has 0 saturated carbocycles. The molecule has 0 aliphatic rings. The number of benzene rings is 2. The van der Waals surface area contributed by atoms with E-state index in [0.29, 0.717) is 12.1 Å². The van der Waals surface area contributed by atoms with E-state index in [4.69, 9.17) is 16.7 Å². The average molecular weight is 456 g/mol. The summed E-state index contributed by atoms with van der Waals surface area (Å²) in [6, 6.07) is 5.02. The highest BCUT2D eigenvalue weighted by Crippen LogP contribution is 2.38. The van der Waals surface area contributed by atoms with E-state index in [-0.39, 0.29) is 15.6 Å². The molecular weight excluding hydrogens is 447 g/mol. The Morgan fingerprint density at radius 3 is 2.35 bits per heavy atom. The molecule has 0 aliphatic heterocycles. The lowest BCUT2D eigenvalue weighted by Crippen LogP contribution is -2.19. The predicted octanol–water partition coefficient (Wildman–Crippen LogP) is 6.44. The number of rotatable bonds is 4. The number of carboxylic acid groups (broad SMARTS) is 1. The SMILES string of the molecule is O=C(O)c1ccc(/C=C/C(c2cc(F)c(F)c(Cl)c2)C(F)(F)F)cc1Br. The summed E-state index contributed by atoms with van der Waals surface area (Å²) >= 11 is 8.45. The highest BCUT2D eigenvalue weighted by Gasteiger charge is 2.39. The molecule has 0 aliphatic carbocycles. The molecule has 0 fully saturated rings. The van der Waals surface area contributed by atoms with E-state index in [2.05, 4.69) is 15.9 Å². The van der Waals surface area contributed by atoms with Crippen LogP contribution in [0.4, 0.5) is 22.0 Å². The second-order valence-electron chi connectivity index (χ2n) is 5.22. The number of carboxylic acids is 1. The molecule has 2 rings (SSSR count). The third-order valence-electron chi connectivity index (χ3n) is 3.42. The molecule has 26 heavy (non-hydrogen) atoms. The monoisotopic (exact) mass is 454 g/mol. The van der Waals surface area contributed by atoms with Gasteiger partial charge in [0.15, 0.2) is 11.6 Å². The predicted molar refractivity (Wildman–Crippen MR) is 90.3 cm³/mol. The van der Waals surface area contributed by atoms with Crippen LogP contribution < -0.4 is 0 Å². The molecule has 2 aromatic carbocycles. The molecule has 0 heterocycles. The number of allylic oxidation sites excluding steroid dienone is 1. The van der Waals surface area contributed by atoms with Crippen molar-refractivity contribution in [2.24, 2.45) is 0 Å². The third-order valence-corrected chi connectivity index (χ3v) is 4.35. The molecule has 138 valence electrons. The maximum atomic E-state index is 13.4. The van der Waals surface area contributed by atoms with Crippen molar-refractivity contribution >= 4 is 39.6 Å². The second kappa shape index (κ2) is 7.75. The van der Waals surface area contributed by atoms with Crippen molar-refractivity contribution < 1.29 is 31.9 Å². The van der Waals surface area contributed by atoms with Gasteiger partial charge in [-0.25, -0.2) is 13.6 Å². The summed E-state index contributed by atoms with van der Waals surface area (Å²) in [6.07, 6.45) is -2.92. The van der Waals surface area contributed by atoms with Crippen molar-refractivity contribution in [3.05, 3.63) is 74.2 Å². The van der Waals surface area contributed by atoms with Crippen LogP contribution in [0.15, 0.2) is 40.9 Å². The van der Waals surface area contributed by atoms with Crippen molar-refractivity contribution in [2.45, 2.75) is 12.1 Å². The van der Waals surface area contributed by atoms with E-state index >= 15 is 0 Å². The Balaban J connectivity index is 2.42. The Morgan fingerprint density at radius 1 is 1.19 bits per heavy atom. The van der Waals surface area contributed by atoms with Gasteiger partial charge in [0, 0.05) is 4.47 Å². The van der Waals surface area contributed by atoms with Gasteiger partial charge in [0.05, 0.1) is 16.5 Å². The van der Waals surface area contributed by atoms with Crippen LogP contribution in [0, 0.1) is 11.6 Å². The molecule has 0 saturated heterocycles. The van der Waals surface area contributed by atoms with Crippen LogP contribution in [0.25, 0.3) is 6.08 Å². The van der Waals surface area contributed by atoms with Crippen LogP contribution in [0.1, 0.15) is 27.4 Å². The van der Waals surface area contributed by atoms with E-state index in [9.17, 15) is 26.7 Å². The van der Waals surface area contributed by atoms with E-state index in [0.717, 1.165) is 12.2 Å². The van der Waals surface area contributed by atoms with Gasteiger partial charge >= 0.3 is 12.1 Å². The Morgan fingerprint density at radius 2 is 1.85 bits per heavy atom. The largest absolute Gasteiger partial charge is 0.478 e.